The van der Waals surface area contributed by atoms with Crippen molar-refractivity contribution in [2.75, 3.05) is 13.2 Å². The van der Waals surface area contributed by atoms with Gasteiger partial charge in [-0.1, -0.05) is 225 Å². The lowest BCUT2D eigenvalue weighted by Gasteiger charge is -2.15. The number of hydrogen-bond acceptors (Lipinski definition) is 5. The zero-order valence-corrected chi connectivity index (χ0v) is 41.7. The smallest absolute Gasteiger partial charge is 0.306 e. The largest absolute Gasteiger partial charge is 0.462 e. The molecule has 0 aliphatic rings. The molecule has 5 nitrogen and oxygen atoms in total. The molecule has 0 aromatic heterocycles. The third kappa shape index (κ3) is 52.5. The standard InChI is InChI=1S/C60H96O5/c1-3-5-7-9-11-13-15-17-19-20-21-22-23-24-25-26-27-28-29-30-31-32-33-34-35-36-37-38-39-40-41-43-45-47-49-51-53-55-60(63)65-58(56-61)57-64-59(62)54-52-50-48-46-44-42-18-16-14-12-10-8-6-4-2/h5,7,10-13,16-19,21-22,24-25,27-28,30-31,33-34,36-37,58,61H,3-4,6,8-9,14-15,20,23,26,29,32,35,38-57H2,1-2H3/b7-5-,12-10-,13-11-,18-16-,19-17-,22-21-,25-24-,28-27-,31-30-,34-33-,37-36-. The van der Waals surface area contributed by atoms with E-state index in [0.29, 0.717) is 12.8 Å². The van der Waals surface area contributed by atoms with Gasteiger partial charge in [0.1, 0.15) is 6.61 Å². The van der Waals surface area contributed by atoms with Crippen molar-refractivity contribution in [3.63, 3.8) is 0 Å². The Morgan fingerprint density at radius 3 is 1.00 bits per heavy atom. The monoisotopic (exact) mass is 897 g/mol. The molecule has 0 bridgehead atoms. The van der Waals surface area contributed by atoms with Crippen LogP contribution in [0.25, 0.3) is 0 Å². The Bertz CT molecular complexity index is 1380. The first-order valence-corrected chi connectivity index (χ1v) is 26.2. The van der Waals surface area contributed by atoms with Crippen LogP contribution in [0.4, 0.5) is 0 Å². The summed E-state index contributed by atoms with van der Waals surface area (Å²) in [7, 11) is 0. The maximum absolute atomic E-state index is 12.3. The normalized spacial score (nSPS) is 13.3. The van der Waals surface area contributed by atoms with Crippen LogP contribution in [-0.2, 0) is 19.1 Å². The molecular weight excluding hydrogens is 801 g/mol. The van der Waals surface area contributed by atoms with Gasteiger partial charge in [0.15, 0.2) is 6.10 Å². The van der Waals surface area contributed by atoms with Crippen molar-refractivity contribution in [2.24, 2.45) is 0 Å². The molecule has 1 atom stereocenters. The molecular formula is C60H96O5. The molecule has 366 valence electrons. The van der Waals surface area contributed by atoms with Gasteiger partial charge in [0.25, 0.3) is 0 Å². The van der Waals surface area contributed by atoms with Crippen LogP contribution in [0.15, 0.2) is 134 Å². The number of aliphatic hydroxyl groups excluding tert-OH is 1. The van der Waals surface area contributed by atoms with Gasteiger partial charge in [0.05, 0.1) is 6.61 Å². The topological polar surface area (TPSA) is 72.8 Å². The summed E-state index contributed by atoms with van der Waals surface area (Å²) in [5.41, 5.74) is 0. The van der Waals surface area contributed by atoms with Crippen LogP contribution in [0, 0.1) is 0 Å². The quantitative estimate of drug-likeness (QED) is 0.0374. The number of aliphatic hydroxyl groups is 1. The van der Waals surface area contributed by atoms with E-state index in [1.54, 1.807) is 0 Å². The Balaban J connectivity index is 3.61. The van der Waals surface area contributed by atoms with Gasteiger partial charge < -0.3 is 14.6 Å². The molecule has 0 radical (unpaired) electrons. The van der Waals surface area contributed by atoms with Gasteiger partial charge in [0, 0.05) is 12.8 Å². The Morgan fingerprint density at radius 1 is 0.369 bits per heavy atom. The number of rotatable bonds is 46. The number of ether oxygens (including phenoxy) is 2. The van der Waals surface area contributed by atoms with E-state index in [0.717, 1.165) is 116 Å². The fraction of sp³-hybridized carbons (Fsp3) is 0.600. The molecule has 0 fully saturated rings. The van der Waals surface area contributed by atoms with Crippen LogP contribution < -0.4 is 0 Å². The molecule has 0 aromatic rings. The van der Waals surface area contributed by atoms with Crippen molar-refractivity contribution in [3.8, 4) is 0 Å². The summed E-state index contributed by atoms with van der Waals surface area (Å²) < 4.78 is 10.6. The Labute approximate surface area is 400 Å². The zero-order valence-electron chi connectivity index (χ0n) is 41.7. The first kappa shape index (κ1) is 61.0. The van der Waals surface area contributed by atoms with E-state index in [1.807, 2.05) is 0 Å². The van der Waals surface area contributed by atoms with Crippen LogP contribution in [0.1, 0.15) is 213 Å². The van der Waals surface area contributed by atoms with Crippen molar-refractivity contribution in [1.82, 2.24) is 0 Å². The molecule has 1 unspecified atom stereocenters. The molecule has 65 heavy (non-hydrogen) atoms. The number of unbranched alkanes of at least 4 members (excludes halogenated alkanes) is 16. The minimum atomic E-state index is -0.790. The van der Waals surface area contributed by atoms with Crippen molar-refractivity contribution in [2.45, 2.75) is 219 Å². The van der Waals surface area contributed by atoms with Crippen LogP contribution in [0.5, 0.6) is 0 Å². The summed E-state index contributed by atoms with van der Waals surface area (Å²) in [4.78, 5) is 24.4. The lowest BCUT2D eigenvalue weighted by molar-refractivity contribution is -0.161. The van der Waals surface area contributed by atoms with Crippen molar-refractivity contribution in [1.29, 1.82) is 0 Å². The molecule has 0 saturated carbocycles. The lowest BCUT2D eigenvalue weighted by Crippen LogP contribution is -2.28. The first-order valence-electron chi connectivity index (χ1n) is 26.2. The molecule has 1 N–H and O–H groups in total. The number of carbonyl (C=O) groups excluding carboxylic acids is 2. The second-order valence-electron chi connectivity index (χ2n) is 16.9. The van der Waals surface area contributed by atoms with Crippen LogP contribution in [0.2, 0.25) is 0 Å². The van der Waals surface area contributed by atoms with Gasteiger partial charge >= 0.3 is 11.9 Å². The first-order chi connectivity index (χ1) is 32.1. The molecule has 0 aliphatic heterocycles. The van der Waals surface area contributed by atoms with Crippen LogP contribution in [-0.4, -0.2) is 36.4 Å². The highest BCUT2D eigenvalue weighted by Gasteiger charge is 2.16. The van der Waals surface area contributed by atoms with E-state index in [9.17, 15) is 14.7 Å². The summed E-state index contributed by atoms with van der Waals surface area (Å²) in [6.07, 6.45) is 81.2. The summed E-state index contributed by atoms with van der Waals surface area (Å²) >= 11 is 0. The summed E-state index contributed by atoms with van der Waals surface area (Å²) in [5.74, 6) is -0.623. The van der Waals surface area contributed by atoms with E-state index in [4.69, 9.17) is 9.47 Å². The zero-order chi connectivity index (χ0) is 47.0. The number of hydrogen-bond donors (Lipinski definition) is 1. The van der Waals surface area contributed by atoms with E-state index in [-0.39, 0.29) is 25.2 Å². The van der Waals surface area contributed by atoms with Crippen molar-refractivity contribution in [3.05, 3.63) is 134 Å². The van der Waals surface area contributed by atoms with Crippen molar-refractivity contribution < 1.29 is 24.2 Å². The van der Waals surface area contributed by atoms with Gasteiger partial charge in [-0.15, -0.1) is 0 Å². The van der Waals surface area contributed by atoms with Gasteiger partial charge in [-0.3, -0.25) is 9.59 Å². The third-order valence-corrected chi connectivity index (χ3v) is 10.7. The van der Waals surface area contributed by atoms with Crippen molar-refractivity contribution >= 4 is 11.9 Å². The highest BCUT2D eigenvalue weighted by molar-refractivity contribution is 5.70. The fourth-order valence-electron chi connectivity index (χ4n) is 6.74. The van der Waals surface area contributed by atoms with Crippen LogP contribution in [0.3, 0.4) is 0 Å². The fourth-order valence-corrected chi connectivity index (χ4v) is 6.74. The number of carbonyl (C=O) groups is 2. The molecule has 0 amide bonds. The molecule has 0 rings (SSSR count). The average Bonchev–Trinajstić information content (AvgIpc) is 3.31. The second kappa shape index (κ2) is 54.4. The van der Waals surface area contributed by atoms with Crippen LogP contribution >= 0.6 is 0 Å². The summed E-state index contributed by atoms with van der Waals surface area (Å²) in [6.45, 7) is 3.95. The molecule has 0 heterocycles. The lowest BCUT2D eigenvalue weighted by atomic mass is 10.1. The minimum Gasteiger partial charge on any atom is -0.462 e. The predicted molar refractivity (Wildman–Crippen MR) is 283 cm³/mol. The summed E-state index contributed by atoms with van der Waals surface area (Å²) in [5, 5.41) is 9.61. The Morgan fingerprint density at radius 2 is 0.662 bits per heavy atom. The van der Waals surface area contributed by atoms with E-state index in [2.05, 4.69) is 148 Å². The van der Waals surface area contributed by atoms with E-state index >= 15 is 0 Å². The van der Waals surface area contributed by atoms with E-state index in [1.165, 1.54) is 70.6 Å². The average molecular weight is 897 g/mol. The van der Waals surface area contributed by atoms with E-state index < -0.39 is 6.10 Å². The second-order valence-corrected chi connectivity index (χ2v) is 16.9. The van der Waals surface area contributed by atoms with Gasteiger partial charge in [0.2, 0.25) is 0 Å². The Kier molecular flexibility index (Phi) is 51.1. The summed E-state index contributed by atoms with van der Waals surface area (Å²) in [6, 6.07) is 0. The molecule has 0 aliphatic carbocycles. The highest BCUT2D eigenvalue weighted by atomic mass is 16.6. The minimum absolute atomic E-state index is 0.0828. The maximum atomic E-state index is 12.3. The van der Waals surface area contributed by atoms with Gasteiger partial charge in [-0.2, -0.15) is 0 Å². The molecule has 0 spiro atoms. The molecule has 0 saturated heterocycles. The predicted octanol–water partition coefficient (Wildman–Crippen LogP) is 17.7. The van der Waals surface area contributed by atoms with Gasteiger partial charge in [-0.25, -0.2) is 0 Å². The number of allylic oxidation sites excluding steroid dienone is 22. The highest BCUT2D eigenvalue weighted by Crippen LogP contribution is 2.13. The Hall–Kier alpha value is -3.96. The molecule has 0 aromatic carbocycles. The third-order valence-electron chi connectivity index (χ3n) is 10.7. The molecule has 5 heteroatoms. The number of esters is 2. The van der Waals surface area contributed by atoms with Gasteiger partial charge in [-0.05, 0) is 109 Å². The maximum Gasteiger partial charge on any atom is 0.306 e. The SMILES string of the molecule is CC/C=C\C/C=C\C/C=C\C/C=C\C/C=C\C/C=C\C/C=C\C/C=C\C/C=C\CCCCCCCCCCCC(=O)OC(CO)COC(=O)CCCCCCC/C=C\C/C=C\CCCC.